The molecule has 1 aromatic carbocycles. The van der Waals surface area contributed by atoms with E-state index in [1.54, 1.807) is 36.5 Å². The summed E-state index contributed by atoms with van der Waals surface area (Å²) in [7, 11) is 0. The van der Waals surface area contributed by atoms with Crippen LogP contribution in [0.15, 0.2) is 59.3 Å². The van der Waals surface area contributed by atoms with Crippen LogP contribution in [0.3, 0.4) is 0 Å². The molecule has 1 fully saturated rings. The van der Waals surface area contributed by atoms with E-state index in [0.29, 0.717) is 24.4 Å². The Labute approximate surface area is 144 Å². The Hall–Kier alpha value is -2.89. The average molecular weight is 339 g/mol. The molecule has 3 aromatic rings. The monoisotopic (exact) mass is 339 g/mol. The molecule has 1 aliphatic heterocycles. The fourth-order valence-corrected chi connectivity index (χ4v) is 3.32. The summed E-state index contributed by atoms with van der Waals surface area (Å²) in [6.07, 6.45) is 5.52. The smallest absolute Gasteiger partial charge is 0.289 e. The molecule has 1 amide bonds. The van der Waals surface area contributed by atoms with E-state index in [0.717, 1.165) is 12.8 Å². The maximum Gasteiger partial charge on any atom is 0.289 e. The van der Waals surface area contributed by atoms with E-state index in [-0.39, 0.29) is 23.5 Å². The van der Waals surface area contributed by atoms with Gasteiger partial charge in [-0.25, -0.2) is 4.39 Å². The van der Waals surface area contributed by atoms with E-state index >= 15 is 0 Å². The van der Waals surface area contributed by atoms with Crippen LogP contribution in [-0.4, -0.2) is 33.2 Å². The number of likely N-dealkylation sites (tertiary alicyclic amines) is 1. The molecular formula is C19H18FN3O2. The molecule has 1 saturated heterocycles. The first-order valence-electron chi connectivity index (χ1n) is 8.35. The van der Waals surface area contributed by atoms with Crippen LogP contribution in [0, 0.1) is 5.82 Å². The minimum Gasteiger partial charge on any atom is -0.451 e. The van der Waals surface area contributed by atoms with Gasteiger partial charge in [-0.1, -0.05) is 12.1 Å². The van der Waals surface area contributed by atoms with E-state index in [4.69, 9.17) is 4.42 Å². The van der Waals surface area contributed by atoms with Crippen LogP contribution in [0.25, 0.3) is 11.3 Å². The van der Waals surface area contributed by atoms with Crippen molar-refractivity contribution in [2.24, 2.45) is 0 Å². The van der Waals surface area contributed by atoms with Gasteiger partial charge in [0.1, 0.15) is 11.6 Å². The van der Waals surface area contributed by atoms with Crippen molar-refractivity contribution in [1.29, 1.82) is 0 Å². The van der Waals surface area contributed by atoms with Crippen LogP contribution in [0.1, 0.15) is 23.4 Å². The number of rotatable bonds is 4. The normalized spacial score (nSPS) is 17.2. The quantitative estimate of drug-likeness (QED) is 0.730. The fourth-order valence-electron chi connectivity index (χ4n) is 3.32. The standard InChI is InChI=1S/C19H18FN3O2/c20-16-7-2-1-6-15(16)17-8-9-18(25-17)19(24)23-12-3-5-14(23)13-22-11-4-10-21-22/h1-2,4,6-11,14H,3,5,12-13H2/t14-/m0/s1. The number of carbonyl (C=O) groups is 1. The molecule has 2 aromatic heterocycles. The summed E-state index contributed by atoms with van der Waals surface area (Å²) >= 11 is 0. The van der Waals surface area contributed by atoms with E-state index < -0.39 is 0 Å². The Morgan fingerprint density at radius 3 is 2.92 bits per heavy atom. The molecule has 0 spiro atoms. The highest BCUT2D eigenvalue weighted by Gasteiger charge is 2.31. The first-order chi connectivity index (χ1) is 12.2. The fraction of sp³-hybridized carbons (Fsp3) is 0.263. The van der Waals surface area contributed by atoms with Gasteiger partial charge in [0.25, 0.3) is 5.91 Å². The third-order valence-corrected chi connectivity index (χ3v) is 4.55. The SMILES string of the molecule is O=C(c1ccc(-c2ccccc2F)o1)N1CCC[C@H]1Cn1cccn1. The molecule has 0 radical (unpaired) electrons. The van der Waals surface area contributed by atoms with Gasteiger partial charge in [0.2, 0.25) is 0 Å². The predicted molar refractivity (Wildman–Crippen MR) is 90.4 cm³/mol. The summed E-state index contributed by atoms with van der Waals surface area (Å²) in [6, 6.07) is 11.6. The van der Waals surface area contributed by atoms with Gasteiger partial charge in [0.15, 0.2) is 5.76 Å². The van der Waals surface area contributed by atoms with Crippen LogP contribution in [0.5, 0.6) is 0 Å². The first kappa shape index (κ1) is 15.6. The lowest BCUT2D eigenvalue weighted by Gasteiger charge is -2.23. The van der Waals surface area contributed by atoms with E-state index in [9.17, 15) is 9.18 Å². The van der Waals surface area contributed by atoms with E-state index in [1.807, 2.05) is 21.8 Å². The zero-order valence-corrected chi connectivity index (χ0v) is 13.6. The zero-order chi connectivity index (χ0) is 17.2. The molecule has 1 aliphatic rings. The molecule has 0 N–H and O–H groups in total. The number of amides is 1. The Kier molecular flexibility index (Phi) is 4.09. The van der Waals surface area contributed by atoms with Crippen molar-refractivity contribution < 1.29 is 13.6 Å². The van der Waals surface area contributed by atoms with Gasteiger partial charge >= 0.3 is 0 Å². The van der Waals surface area contributed by atoms with Gasteiger partial charge in [0.05, 0.1) is 18.2 Å². The molecule has 3 heterocycles. The summed E-state index contributed by atoms with van der Waals surface area (Å²) in [4.78, 5) is 14.6. The molecule has 5 nitrogen and oxygen atoms in total. The van der Waals surface area contributed by atoms with Crippen molar-refractivity contribution in [3.05, 3.63) is 66.4 Å². The summed E-state index contributed by atoms with van der Waals surface area (Å²) < 4.78 is 21.4. The van der Waals surface area contributed by atoms with Crippen molar-refractivity contribution in [3.63, 3.8) is 0 Å². The van der Waals surface area contributed by atoms with Crippen LogP contribution < -0.4 is 0 Å². The van der Waals surface area contributed by atoms with Gasteiger partial charge < -0.3 is 9.32 Å². The van der Waals surface area contributed by atoms with Crippen LogP contribution in [-0.2, 0) is 6.54 Å². The van der Waals surface area contributed by atoms with Gasteiger partial charge in [-0.05, 0) is 43.2 Å². The summed E-state index contributed by atoms with van der Waals surface area (Å²) in [6.45, 7) is 1.36. The molecule has 0 aliphatic carbocycles. The van der Waals surface area contributed by atoms with Gasteiger partial charge in [-0.3, -0.25) is 9.48 Å². The predicted octanol–water partition coefficient (Wildman–Crippen LogP) is 3.59. The number of nitrogens with zero attached hydrogens (tertiary/aromatic N) is 3. The van der Waals surface area contributed by atoms with Gasteiger partial charge in [0, 0.05) is 18.9 Å². The Balaban J connectivity index is 1.54. The molecule has 0 bridgehead atoms. The maximum atomic E-state index is 13.9. The molecular weight excluding hydrogens is 321 g/mol. The number of halogens is 1. The lowest BCUT2D eigenvalue weighted by atomic mass is 10.1. The highest BCUT2D eigenvalue weighted by atomic mass is 19.1. The van der Waals surface area contributed by atoms with Crippen LogP contribution >= 0.6 is 0 Å². The summed E-state index contributed by atoms with van der Waals surface area (Å²) in [5.74, 6) is 0.0840. The topological polar surface area (TPSA) is 51.3 Å². The second-order valence-corrected chi connectivity index (χ2v) is 6.17. The number of furan rings is 1. The molecule has 128 valence electrons. The lowest BCUT2D eigenvalue weighted by molar-refractivity contribution is 0.0690. The van der Waals surface area contributed by atoms with Crippen LogP contribution in [0.4, 0.5) is 4.39 Å². The van der Waals surface area contributed by atoms with Gasteiger partial charge in [-0.15, -0.1) is 0 Å². The second kappa shape index (κ2) is 6.55. The van der Waals surface area contributed by atoms with Crippen molar-refractivity contribution in [2.45, 2.75) is 25.4 Å². The number of carbonyl (C=O) groups excluding carboxylic acids is 1. The van der Waals surface area contributed by atoms with Crippen molar-refractivity contribution in [1.82, 2.24) is 14.7 Å². The zero-order valence-electron chi connectivity index (χ0n) is 13.6. The Morgan fingerprint density at radius 1 is 1.24 bits per heavy atom. The van der Waals surface area contributed by atoms with E-state index in [2.05, 4.69) is 5.10 Å². The average Bonchev–Trinajstić information content (AvgIpc) is 3.37. The third-order valence-electron chi connectivity index (χ3n) is 4.55. The number of aromatic nitrogens is 2. The van der Waals surface area contributed by atoms with E-state index in [1.165, 1.54) is 6.07 Å². The van der Waals surface area contributed by atoms with Crippen molar-refractivity contribution in [2.75, 3.05) is 6.54 Å². The molecule has 0 saturated carbocycles. The third kappa shape index (κ3) is 3.07. The molecule has 6 heteroatoms. The number of benzene rings is 1. The maximum absolute atomic E-state index is 13.9. The highest BCUT2D eigenvalue weighted by molar-refractivity contribution is 5.92. The Bertz CT molecular complexity index is 872. The van der Waals surface area contributed by atoms with Crippen molar-refractivity contribution >= 4 is 5.91 Å². The summed E-state index contributed by atoms with van der Waals surface area (Å²) in [5, 5.41) is 4.21. The second-order valence-electron chi connectivity index (χ2n) is 6.17. The molecule has 0 unspecified atom stereocenters. The lowest BCUT2D eigenvalue weighted by Crippen LogP contribution is -2.38. The largest absolute Gasteiger partial charge is 0.451 e. The number of hydrogen-bond acceptors (Lipinski definition) is 3. The van der Waals surface area contributed by atoms with Crippen LogP contribution in [0.2, 0.25) is 0 Å². The summed E-state index contributed by atoms with van der Waals surface area (Å²) in [5.41, 5.74) is 0.357. The minimum atomic E-state index is -0.367. The molecule has 4 rings (SSSR count). The van der Waals surface area contributed by atoms with Crippen molar-refractivity contribution in [3.8, 4) is 11.3 Å². The first-order valence-corrected chi connectivity index (χ1v) is 8.35. The highest BCUT2D eigenvalue weighted by Crippen LogP contribution is 2.27. The molecule has 25 heavy (non-hydrogen) atoms. The Morgan fingerprint density at radius 2 is 2.12 bits per heavy atom. The number of hydrogen-bond donors (Lipinski definition) is 0. The molecule has 1 atom stereocenters. The van der Waals surface area contributed by atoms with Gasteiger partial charge in [-0.2, -0.15) is 5.10 Å². The minimum absolute atomic E-state index is 0.0920.